The van der Waals surface area contributed by atoms with Crippen molar-refractivity contribution in [2.75, 3.05) is 33.4 Å². The van der Waals surface area contributed by atoms with E-state index < -0.39 is 0 Å². The molecule has 0 aliphatic heterocycles. The number of hydrogen-bond donors (Lipinski definition) is 0. The Hall–Kier alpha value is -0.590. The first-order valence-electron chi connectivity index (χ1n) is 5.21. The van der Waals surface area contributed by atoms with Gasteiger partial charge in [0.2, 0.25) is 0 Å². The summed E-state index contributed by atoms with van der Waals surface area (Å²) in [6.45, 7) is 9.88. The monoisotopic (exact) mass is 198 g/mol. The van der Waals surface area contributed by atoms with Crippen LogP contribution in [-0.4, -0.2) is 38.3 Å². The van der Waals surface area contributed by atoms with Crippen LogP contribution in [0.15, 0.2) is 0 Å². The van der Waals surface area contributed by atoms with E-state index in [0.717, 1.165) is 26.2 Å². The number of methoxy groups -OCH3 is 1. The number of hydrogen-bond acceptors (Lipinski definition) is 3. The summed E-state index contributed by atoms with van der Waals surface area (Å²) >= 11 is 0. The van der Waals surface area contributed by atoms with Crippen molar-refractivity contribution in [3.8, 4) is 6.07 Å². The van der Waals surface area contributed by atoms with Gasteiger partial charge in [0.15, 0.2) is 0 Å². The summed E-state index contributed by atoms with van der Waals surface area (Å²) < 4.78 is 5.04. The second-order valence-electron chi connectivity index (χ2n) is 4.18. The molecule has 1 atom stereocenters. The molecule has 0 rings (SSSR count). The third-order valence-electron chi connectivity index (χ3n) is 1.99. The lowest BCUT2D eigenvalue weighted by Crippen LogP contribution is -2.34. The minimum Gasteiger partial charge on any atom is -0.383 e. The lowest BCUT2D eigenvalue weighted by molar-refractivity contribution is 0.135. The van der Waals surface area contributed by atoms with Gasteiger partial charge in [-0.05, 0) is 12.8 Å². The van der Waals surface area contributed by atoms with Gasteiger partial charge in [-0.25, -0.2) is 0 Å². The van der Waals surface area contributed by atoms with Crippen molar-refractivity contribution in [2.45, 2.75) is 20.8 Å². The fourth-order valence-electron chi connectivity index (χ4n) is 1.42. The average Bonchev–Trinajstić information content (AvgIpc) is 2.13. The highest BCUT2D eigenvalue weighted by Gasteiger charge is 2.10. The molecular formula is C11H22N2O. The summed E-state index contributed by atoms with van der Waals surface area (Å²) in [5.74, 6) is 0.739. The summed E-state index contributed by atoms with van der Waals surface area (Å²) in [5.41, 5.74) is 0. The number of ether oxygens (including phenoxy) is 1. The number of nitriles is 1. The Morgan fingerprint density at radius 2 is 1.93 bits per heavy atom. The van der Waals surface area contributed by atoms with Crippen molar-refractivity contribution in [3.63, 3.8) is 0 Å². The van der Waals surface area contributed by atoms with Gasteiger partial charge in [-0.1, -0.05) is 13.8 Å². The SMILES string of the molecule is COCCN(CC(C)C)CC(C)C#N. The Morgan fingerprint density at radius 3 is 2.36 bits per heavy atom. The topological polar surface area (TPSA) is 36.3 Å². The molecule has 0 aromatic rings. The van der Waals surface area contributed by atoms with E-state index in [2.05, 4.69) is 24.8 Å². The van der Waals surface area contributed by atoms with E-state index in [4.69, 9.17) is 10.00 Å². The molecule has 82 valence electrons. The highest BCUT2D eigenvalue weighted by atomic mass is 16.5. The molecule has 0 aliphatic carbocycles. The molecule has 0 fully saturated rings. The largest absolute Gasteiger partial charge is 0.383 e. The maximum absolute atomic E-state index is 8.74. The van der Waals surface area contributed by atoms with Crippen molar-refractivity contribution in [3.05, 3.63) is 0 Å². The van der Waals surface area contributed by atoms with Crippen LogP contribution in [0, 0.1) is 23.2 Å². The second kappa shape index (κ2) is 7.78. The van der Waals surface area contributed by atoms with Crippen LogP contribution in [0.2, 0.25) is 0 Å². The molecule has 0 radical (unpaired) electrons. The van der Waals surface area contributed by atoms with Crippen LogP contribution in [0.25, 0.3) is 0 Å². The van der Waals surface area contributed by atoms with Gasteiger partial charge in [-0.2, -0.15) is 5.26 Å². The van der Waals surface area contributed by atoms with Gasteiger partial charge >= 0.3 is 0 Å². The van der Waals surface area contributed by atoms with Crippen molar-refractivity contribution in [2.24, 2.45) is 11.8 Å². The smallest absolute Gasteiger partial charge is 0.0666 e. The lowest BCUT2D eigenvalue weighted by atomic mass is 10.1. The van der Waals surface area contributed by atoms with E-state index in [1.54, 1.807) is 7.11 Å². The first kappa shape index (κ1) is 13.4. The third kappa shape index (κ3) is 6.88. The molecule has 0 aromatic carbocycles. The quantitative estimate of drug-likeness (QED) is 0.625. The fraction of sp³-hybridized carbons (Fsp3) is 0.909. The average molecular weight is 198 g/mol. The maximum Gasteiger partial charge on any atom is 0.0666 e. The standard InChI is InChI=1S/C11H22N2O/c1-10(2)8-13(5-6-14-4)9-11(3)7-12/h10-11H,5-6,8-9H2,1-4H3. The van der Waals surface area contributed by atoms with Gasteiger partial charge in [-0.3, -0.25) is 4.90 Å². The normalized spacial score (nSPS) is 13.2. The van der Waals surface area contributed by atoms with Gasteiger partial charge in [0.05, 0.1) is 18.6 Å². The zero-order valence-corrected chi connectivity index (χ0v) is 9.79. The lowest BCUT2D eigenvalue weighted by Gasteiger charge is -2.24. The van der Waals surface area contributed by atoms with Crippen LogP contribution < -0.4 is 0 Å². The molecule has 0 aliphatic rings. The predicted molar refractivity (Wildman–Crippen MR) is 57.9 cm³/mol. The summed E-state index contributed by atoms with van der Waals surface area (Å²) in [6.07, 6.45) is 0. The van der Waals surface area contributed by atoms with Crippen molar-refractivity contribution >= 4 is 0 Å². The highest BCUT2D eigenvalue weighted by molar-refractivity contribution is 4.81. The Labute approximate surface area is 87.7 Å². The summed E-state index contributed by atoms with van der Waals surface area (Å²) in [5, 5.41) is 8.74. The molecule has 0 saturated heterocycles. The van der Waals surface area contributed by atoms with Crippen molar-refractivity contribution in [1.82, 2.24) is 4.90 Å². The minimum absolute atomic E-state index is 0.102. The van der Waals surface area contributed by atoms with Gasteiger partial charge < -0.3 is 4.74 Å². The van der Waals surface area contributed by atoms with Gasteiger partial charge in [0.25, 0.3) is 0 Å². The zero-order valence-electron chi connectivity index (χ0n) is 9.79. The highest BCUT2D eigenvalue weighted by Crippen LogP contribution is 2.03. The molecule has 3 heteroatoms. The minimum atomic E-state index is 0.102. The zero-order chi connectivity index (χ0) is 11.0. The molecular weight excluding hydrogens is 176 g/mol. The first-order valence-corrected chi connectivity index (χ1v) is 5.21. The number of nitrogens with zero attached hydrogens (tertiary/aromatic N) is 2. The van der Waals surface area contributed by atoms with Crippen LogP contribution in [0.1, 0.15) is 20.8 Å². The van der Waals surface area contributed by atoms with E-state index in [-0.39, 0.29) is 5.92 Å². The molecule has 0 heterocycles. The molecule has 14 heavy (non-hydrogen) atoms. The molecule has 0 spiro atoms. The summed E-state index contributed by atoms with van der Waals surface area (Å²) in [7, 11) is 1.71. The van der Waals surface area contributed by atoms with E-state index in [0.29, 0.717) is 5.92 Å². The summed E-state index contributed by atoms with van der Waals surface area (Å²) in [4.78, 5) is 2.29. The van der Waals surface area contributed by atoms with Crippen LogP contribution in [-0.2, 0) is 4.74 Å². The molecule has 0 bridgehead atoms. The molecule has 0 aromatic heterocycles. The third-order valence-corrected chi connectivity index (χ3v) is 1.99. The van der Waals surface area contributed by atoms with E-state index in [1.807, 2.05) is 6.92 Å². The Kier molecular flexibility index (Phi) is 7.45. The van der Waals surface area contributed by atoms with Crippen LogP contribution >= 0.6 is 0 Å². The first-order chi connectivity index (χ1) is 6.60. The van der Waals surface area contributed by atoms with Crippen molar-refractivity contribution < 1.29 is 4.74 Å². The Morgan fingerprint density at radius 1 is 1.29 bits per heavy atom. The molecule has 0 saturated carbocycles. The van der Waals surface area contributed by atoms with E-state index >= 15 is 0 Å². The van der Waals surface area contributed by atoms with Crippen LogP contribution in [0.4, 0.5) is 0 Å². The molecule has 3 nitrogen and oxygen atoms in total. The maximum atomic E-state index is 8.74. The van der Waals surface area contributed by atoms with Crippen molar-refractivity contribution in [1.29, 1.82) is 5.26 Å². The molecule has 0 amide bonds. The fourth-order valence-corrected chi connectivity index (χ4v) is 1.42. The van der Waals surface area contributed by atoms with Crippen LogP contribution in [0.5, 0.6) is 0 Å². The van der Waals surface area contributed by atoms with Crippen LogP contribution in [0.3, 0.4) is 0 Å². The molecule has 1 unspecified atom stereocenters. The molecule has 0 N–H and O–H groups in total. The number of rotatable bonds is 7. The Balaban J connectivity index is 3.91. The predicted octanol–water partition coefficient (Wildman–Crippen LogP) is 1.75. The van der Waals surface area contributed by atoms with Gasteiger partial charge in [0, 0.05) is 26.7 Å². The van der Waals surface area contributed by atoms with E-state index in [9.17, 15) is 0 Å². The van der Waals surface area contributed by atoms with E-state index in [1.165, 1.54) is 0 Å². The summed E-state index contributed by atoms with van der Waals surface area (Å²) in [6, 6.07) is 2.26. The second-order valence-corrected chi connectivity index (χ2v) is 4.18. The Bertz CT molecular complexity index is 175. The van der Waals surface area contributed by atoms with Gasteiger partial charge in [0.1, 0.15) is 0 Å². The van der Waals surface area contributed by atoms with Gasteiger partial charge in [-0.15, -0.1) is 0 Å².